The molecule has 0 aliphatic carbocycles. The van der Waals surface area contributed by atoms with E-state index in [4.69, 9.17) is 14.7 Å². The van der Waals surface area contributed by atoms with E-state index in [2.05, 4.69) is 0 Å². The molecular weight excluding hydrogens is 459 g/mol. The van der Waals surface area contributed by atoms with E-state index in [1.807, 2.05) is 16.7 Å². The van der Waals surface area contributed by atoms with E-state index in [1.54, 1.807) is 43.5 Å². The fourth-order valence-corrected chi connectivity index (χ4v) is 5.19. The lowest BCUT2D eigenvalue weighted by Gasteiger charge is -2.44. The molecule has 4 rings (SSSR count). The van der Waals surface area contributed by atoms with Gasteiger partial charge in [0.15, 0.2) is 0 Å². The number of rotatable bonds is 6. The predicted octanol–water partition coefficient (Wildman–Crippen LogP) is 4.59. The number of ether oxygens (including phenoxy) is 2. The van der Waals surface area contributed by atoms with Gasteiger partial charge in [0.05, 0.1) is 30.9 Å². The second-order valence-electron chi connectivity index (χ2n) is 9.15. The normalized spacial score (nSPS) is 22.0. The van der Waals surface area contributed by atoms with Gasteiger partial charge in [0.25, 0.3) is 5.91 Å². The average molecular weight is 488 g/mol. The first-order chi connectivity index (χ1) is 16.7. The number of alkyl halides is 3. The van der Waals surface area contributed by atoms with E-state index in [0.29, 0.717) is 62.8 Å². The number of nitrogens with zero attached hydrogens (tertiary/aromatic N) is 3. The average Bonchev–Trinajstić information content (AvgIpc) is 3.25. The van der Waals surface area contributed by atoms with E-state index < -0.39 is 11.7 Å². The predicted molar refractivity (Wildman–Crippen MR) is 124 cm³/mol. The van der Waals surface area contributed by atoms with E-state index in [1.165, 1.54) is 6.07 Å². The zero-order chi connectivity index (χ0) is 25.2. The third kappa shape index (κ3) is 4.94. The molecule has 9 heteroatoms. The van der Waals surface area contributed by atoms with Gasteiger partial charge in [0.1, 0.15) is 5.75 Å². The van der Waals surface area contributed by atoms with Gasteiger partial charge >= 0.3 is 6.18 Å². The topological polar surface area (TPSA) is 65.8 Å². The smallest absolute Gasteiger partial charge is 0.417 e. The summed E-state index contributed by atoms with van der Waals surface area (Å²) in [6.45, 7) is 5.05. The number of anilines is 1. The Morgan fingerprint density at radius 3 is 2.57 bits per heavy atom. The first kappa shape index (κ1) is 24.9. The number of hydrogen-bond acceptors (Lipinski definition) is 5. The lowest BCUT2D eigenvalue weighted by atomic mass is 9.73. The van der Waals surface area contributed by atoms with Gasteiger partial charge < -0.3 is 19.3 Å². The standard InChI is InChI=1S/C26H28F3N3O3/c1-3-35-17-25-10-11-31(21-7-4-19(13-30)23(12-21)26(27,28)29)14-20(25)15-32(16-25)24(33)18-5-8-22(34-2)9-6-18/h4-9,12,20H,3,10-11,14-17H2,1-2H3/t20-,25+/m1/s1. The van der Waals surface area contributed by atoms with Crippen LogP contribution < -0.4 is 9.64 Å². The molecule has 2 saturated heterocycles. The summed E-state index contributed by atoms with van der Waals surface area (Å²) in [5.74, 6) is 0.623. The van der Waals surface area contributed by atoms with Crippen LogP contribution in [-0.4, -0.2) is 57.3 Å². The van der Waals surface area contributed by atoms with Crippen molar-refractivity contribution in [2.75, 3.05) is 51.4 Å². The number of fused-ring (bicyclic) bond motifs is 1. The summed E-state index contributed by atoms with van der Waals surface area (Å²) >= 11 is 0. The fourth-order valence-electron chi connectivity index (χ4n) is 5.19. The van der Waals surface area contributed by atoms with Crippen LogP contribution in [0.25, 0.3) is 0 Å². The number of likely N-dealkylation sites (tertiary alicyclic amines) is 1. The molecule has 2 fully saturated rings. The third-order valence-electron chi connectivity index (χ3n) is 7.14. The van der Waals surface area contributed by atoms with Crippen LogP contribution in [0.2, 0.25) is 0 Å². The number of amides is 1. The number of carbonyl (C=O) groups excluding carboxylic acids is 1. The van der Waals surface area contributed by atoms with Crippen molar-refractivity contribution in [2.24, 2.45) is 11.3 Å². The quantitative estimate of drug-likeness (QED) is 0.596. The summed E-state index contributed by atoms with van der Waals surface area (Å²) in [4.78, 5) is 17.0. The molecule has 2 aliphatic heterocycles. The molecule has 6 nitrogen and oxygen atoms in total. The number of piperidine rings is 1. The van der Waals surface area contributed by atoms with Gasteiger partial charge in [-0.2, -0.15) is 18.4 Å². The van der Waals surface area contributed by atoms with Gasteiger partial charge in [-0.25, -0.2) is 0 Å². The Hall–Kier alpha value is -3.25. The Balaban J connectivity index is 1.57. The Morgan fingerprint density at radius 1 is 1.20 bits per heavy atom. The van der Waals surface area contributed by atoms with Crippen molar-refractivity contribution in [3.63, 3.8) is 0 Å². The van der Waals surface area contributed by atoms with Crippen molar-refractivity contribution in [3.8, 4) is 11.8 Å². The van der Waals surface area contributed by atoms with Gasteiger partial charge in [-0.15, -0.1) is 0 Å². The van der Waals surface area contributed by atoms with Gasteiger partial charge in [-0.1, -0.05) is 0 Å². The number of nitriles is 1. The summed E-state index contributed by atoms with van der Waals surface area (Å²) in [6, 6.07) is 12.5. The molecule has 186 valence electrons. The van der Waals surface area contributed by atoms with Crippen molar-refractivity contribution in [2.45, 2.75) is 19.5 Å². The molecule has 35 heavy (non-hydrogen) atoms. The highest BCUT2D eigenvalue weighted by Gasteiger charge is 2.51. The molecule has 2 aliphatic rings. The maximum absolute atomic E-state index is 13.5. The zero-order valence-corrected chi connectivity index (χ0v) is 19.8. The number of methoxy groups -OCH3 is 1. The van der Waals surface area contributed by atoms with Crippen LogP contribution in [0.15, 0.2) is 42.5 Å². The van der Waals surface area contributed by atoms with Crippen molar-refractivity contribution in [1.29, 1.82) is 5.26 Å². The van der Waals surface area contributed by atoms with Crippen molar-refractivity contribution in [3.05, 3.63) is 59.2 Å². The molecule has 1 amide bonds. The molecule has 0 spiro atoms. The molecule has 2 aromatic carbocycles. The molecule has 0 aromatic heterocycles. The third-order valence-corrected chi connectivity index (χ3v) is 7.14. The van der Waals surface area contributed by atoms with Crippen LogP contribution in [0.4, 0.5) is 18.9 Å². The second-order valence-corrected chi connectivity index (χ2v) is 9.15. The van der Waals surface area contributed by atoms with Gasteiger partial charge in [-0.05, 0) is 55.8 Å². The SMILES string of the molecule is CCOC[C@@]12CCN(c3ccc(C#N)c(C(F)(F)F)c3)C[C@@H]1CN(C(=O)c1ccc(OC)cc1)C2. The Bertz CT molecular complexity index is 1110. The Labute approximate surface area is 202 Å². The van der Waals surface area contributed by atoms with E-state index >= 15 is 0 Å². The van der Waals surface area contributed by atoms with Crippen LogP contribution in [0.3, 0.4) is 0 Å². The van der Waals surface area contributed by atoms with Gasteiger partial charge in [0, 0.05) is 55.4 Å². The Morgan fingerprint density at radius 2 is 1.94 bits per heavy atom. The van der Waals surface area contributed by atoms with Crippen LogP contribution in [0, 0.1) is 22.7 Å². The molecule has 0 bridgehead atoms. The van der Waals surface area contributed by atoms with Crippen LogP contribution in [0.5, 0.6) is 5.75 Å². The molecule has 0 N–H and O–H groups in total. The first-order valence-corrected chi connectivity index (χ1v) is 11.6. The fraction of sp³-hybridized carbons (Fsp3) is 0.462. The molecule has 2 heterocycles. The summed E-state index contributed by atoms with van der Waals surface area (Å²) in [6.07, 6.45) is -3.92. The first-order valence-electron chi connectivity index (χ1n) is 11.6. The number of halogens is 3. The van der Waals surface area contributed by atoms with Gasteiger partial charge in [0.2, 0.25) is 0 Å². The second kappa shape index (κ2) is 9.78. The van der Waals surface area contributed by atoms with E-state index in [9.17, 15) is 18.0 Å². The van der Waals surface area contributed by atoms with E-state index in [0.717, 1.165) is 6.07 Å². The molecular formula is C26H28F3N3O3. The lowest BCUT2D eigenvalue weighted by molar-refractivity contribution is -0.137. The minimum absolute atomic E-state index is 0.0370. The Kier molecular flexibility index (Phi) is 6.95. The minimum Gasteiger partial charge on any atom is -0.497 e. The molecule has 2 aromatic rings. The minimum atomic E-state index is -4.61. The number of hydrogen-bond donors (Lipinski definition) is 0. The van der Waals surface area contributed by atoms with Crippen LogP contribution in [-0.2, 0) is 10.9 Å². The van der Waals surface area contributed by atoms with E-state index in [-0.39, 0.29) is 22.8 Å². The summed E-state index contributed by atoms with van der Waals surface area (Å²) in [5.41, 5.74) is -0.572. The monoisotopic (exact) mass is 487 g/mol. The van der Waals surface area contributed by atoms with Crippen LogP contribution >= 0.6 is 0 Å². The summed E-state index contributed by atoms with van der Waals surface area (Å²) < 4.78 is 51.5. The molecule has 0 unspecified atom stereocenters. The number of carbonyl (C=O) groups is 1. The molecule has 2 atom stereocenters. The maximum Gasteiger partial charge on any atom is 0.417 e. The lowest BCUT2D eigenvalue weighted by Crippen LogP contribution is -2.49. The highest BCUT2D eigenvalue weighted by molar-refractivity contribution is 5.94. The number of benzene rings is 2. The maximum atomic E-state index is 13.5. The molecule has 0 radical (unpaired) electrons. The highest BCUT2D eigenvalue weighted by atomic mass is 19.4. The largest absolute Gasteiger partial charge is 0.497 e. The van der Waals surface area contributed by atoms with Crippen LogP contribution in [0.1, 0.15) is 34.8 Å². The zero-order valence-electron chi connectivity index (χ0n) is 19.8. The van der Waals surface area contributed by atoms with Crippen molar-refractivity contribution < 1.29 is 27.4 Å². The summed E-state index contributed by atoms with van der Waals surface area (Å²) in [7, 11) is 1.57. The highest BCUT2D eigenvalue weighted by Crippen LogP contribution is 2.45. The van der Waals surface area contributed by atoms with Crippen molar-refractivity contribution in [1.82, 2.24) is 4.90 Å². The summed E-state index contributed by atoms with van der Waals surface area (Å²) in [5, 5.41) is 9.10. The molecule has 0 saturated carbocycles. The van der Waals surface area contributed by atoms with Gasteiger partial charge in [-0.3, -0.25) is 4.79 Å². The van der Waals surface area contributed by atoms with Crippen molar-refractivity contribution >= 4 is 11.6 Å².